The first-order chi connectivity index (χ1) is 13.7. The zero-order valence-electron chi connectivity index (χ0n) is 18.7. The predicted octanol–water partition coefficient (Wildman–Crippen LogP) is 4.55. The summed E-state index contributed by atoms with van der Waals surface area (Å²) >= 11 is 0. The summed E-state index contributed by atoms with van der Waals surface area (Å²) in [7, 11) is 1.48. The van der Waals surface area contributed by atoms with E-state index in [1.165, 1.54) is 7.11 Å². The summed E-state index contributed by atoms with van der Waals surface area (Å²) in [6, 6.07) is 0. The first-order valence-electron chi connectivity index (χ1n) is 11.6. The van der Waals surface area contributed by atoms with Crippen molar-refractivity contribution in [3.8, 4) is 0 Å². The van der Waals surface area contributed by atoms with Crippen LogP contribution in [0.25, 0.3) is 0 Å². The van der Waals surface area contributed by atoms with Crippen LogP contribution in [0.2, 0.25) is 0 Å². The molecular formula is C25H38O4. The van der Waals surface area contributed by atoms with Gasteiger partial charge in [-0.2, -0.15) is 0 Å². The number of rotatable bonds is 2. The normalized spacial score (nSPS) is 49.2. The number of Topliss-reactive ketones (excluding diaryl/α,β-unsaturated/α-hetero) is 1. The zero-order valence-corrected chi connectivity index (χ0v) is 18.7. The SMILES string of the molecule is C/C=C1/C(=O)[C@@H]2[C@H](CCC3(C)C([C@H](C)C(=O)OC)CC[C@@H]23)C2(C)CC[C@@H](O)CC12. The number of carbonyl (C=O) groups excluding carboxylic acids is 2. The molecule has 4 fully saturated rings. The van der Waals surface area contributed by atoms with Crippen LogP contribution in [-0.2, 0) is 14.3 Å². The van der Waals surface area contributed by atoms with Crippen molar-refractivity contribution < 1.29 is 19.4 Å². The Morgan fingerprint density at radius 1 is 1.14 bits per heavy atom. The molecule has 0 bridgehead atoms. The summed E-state index contributed by atoms with van der Waals surface area (Å²) in [6.07, 6.45) is 8.55. The second-order valence-corrected chi connectivity index (χ2v) is 10.9. The van der Waals surface area contributed by atoms with Crippen molar-refractivity contribution in [1.29, 1.82) is 0 Å². The molecule has 4 unspecified atom stereocenters. The van der Waals surface area contributed by atoms with Crippen molar-refractivity contribution in [1.82, 2.24) is 0 Å². The van der Waals surface area contributed by atoms with E-state index in [4.69, 9.17) is 4.74 Å². The molecule has 4 rings (SSSR count). The molecule has 0 aromatic rings. The quantitative estimate of drug-likeness (QED) is 0.544. The number of hydrogen-bond acceptors (Lipinski definition) is 4. The molecule has 0 radical (unpaired) electrons. The molecule has 0 aromatic carbocycles. The summed E-state index contributed by atoms with van der Waals surface area (Å²) in [6.45, 7) is 8.74. The molecule has 4 saturated carbocycles. The minimum absolute atomic E-state index is 0.0284. The number of methoxy groups -OCH3 is 1. The van der Waals surface area contributed by atoms with Gasteiger partial charge in [-0.05, 0) is 91.9 Å². The van der Waals surface area contributed by atoms with Crippen LogP contribution in [0.3, 0.4) is 0 Å². The highest BCUT2D eigenvalue weighted by molar-refractivity contribution is 5.99. The Morgan fingerprint density at radius 2 is 1.79 bits per heavy atom. The van der Waals surface area contributed by atoms with Gasteiger partial charge in [0.15, 0.2) is 5.78 Å². The first kappa shape index (κ1) is 21.1. The number of aliphatic hydroxyl groups is 1. The lowest BCUT2D eigenvalue weighted by molar-refractivity contribution is -0.155. The Kier molecular flexibility index (Phi) is 5.25. The number of hydrogen-bond donors (Lipinski definition) is 1. The number of carbonyl (C=O) groups is 2. The number of allylic oxidation sites excluding steroid dienone is 2. The summed E-state index contributed by atoms with van der Waals surface area (Å²) in [5.41, 5.74) is 1.11. The molecule has 4 aliphatic rings. The molecule has 4 heteroatoms. The number of ketones is 1. The van der Waals surface area contributed by atoms with Crippen LogP contribution in [0, 0.1) is 46.3 Å². The molecule has 9 atom stereocenters. The fourth-order valence-corrected chi connectivity index (χ4v) is 8.40. The lowest BCUT2D eigenvalue weighted by atomic mass is 9.43. The number of esters is 1. The van der Waals surface area contributed by atoms with E-state index in [2.05, 4.69) is 13.8 Å². The number of ether oxygens (including phenoxy) is 1. The van der Waals surface area contributed by atoms with E-state index in [0.29, 0.717) is 23.5 Å². The van der Waals surface area contributed by atoms with Gasteiger partial charge in [0, 0.05) is 5.92 Å². The van der Waals surface area contributed by atoms with E-state index in [1.54, 1.807) is 0 Å². The Labute approximate surface area is 175 Å². The minimum Gasteiger partial charge on any atom is -0.469 e. The maximum absolute atomic E-state index is 13.8. The molecule has 4 aliphatic carbocycles. The lowest BCUT2D eigenvalue weighted by Gasteiger charge is -2.60. The van der Waals surface area contributed by atoms with Gasteiger partial charge in [0.2, 0.25) is 0 Å². The van der Waals surface area contributed by atoms with Crippen molar-refractivity contribution in [2.75, 3.05) is 7.11 Å². The number of aliphatic hydroxyl groups excluding tert-OH is 1. The van der Waals surface area contributed by atoms with Crippen LogP contribution in [0.15, 0.2) is 11.6 Å². The molecule has 0 spiro atoms. The van der Waals surface area contributed by atoms with Crippen LogP contribution < -0.4 is 0 Å². The maximum atomic E-state index is 13.8. The van der Waals surface area contributed by atoms with Crippen molar-refractivity contribution in [2.24, 2.45) is 46.3 Å². The van der Waals surface area contributed by atoms with Gasteiger partial charge < -0.3 is 9.84 Å². The van der Waals surface area contributed by atoms with E-state index in [0.717, 1.165) is 50.5 Å². The fourth-order valence-electron chi connectivity index (χ4n) is 8.40. The Morgan fingerprint density at radius 3 is 2.45 bits per heavy atom. The highest BCUT2D eigenvalue weighted by atomic mass is 16.5. The Bertz CT molecular complexity index is 726. The van der Waals surface area contributed by atoms with Crippen molar-refractivity contribution in [2.45, 2.75) is 78.7 Å². The van der Waals surface area contributed by atoms with E-state index in [9.17, 15) is 14.7 Å². The molecule has 162 valence electrons. The van der Waals surface area contributed by atoms with Crippen LogP contribution in [0.1, 0.15) is 72.6 Å². The highest BCUT2D eigenvalue weighted by Crippen LogP contribution is 2.68. The molecule has 0 heterocycles. The largest absolute Gasteiger partial charge is 0.469 e. The van der Waals surface area contributed by atoms with Gasteiger partial charge in [0.1, 0.15) is 0 Å². The average Bonchev–Trinajstić information content (AvgIpc) is 3.05. The maximum Gasteiger partial charge on any atom is 0.308 e. The van der Waals surface area contributed by atoms with Crippen molar-refractivity contribution in [3.05, 3.63) is 11.6 Å². The summed E-state index contributed by atoms with van der Waals surface area (Å²) in [5, 5.41) is 10.3. The molecular weight excluding hydrogens is 364 g/mol. The third kappa shape index (κ3) is 2.88. The van der Waals surface area contributed by atoms with Crippen molar-refractivity contribution >= 4 is 11.8 Å². The molecule has 1 N–H and O–H groups in total. The summed E-state index contributed by atoms with van der Waals surface area (Å²) < 4.78 is 5.07. The van der Waals surface area contributed by atoms with Gasteiger partial charge in [-0.25, -0.2) is 0 Å². The van der Waals surface area contributed by atoms with E-state index in [-0.39, 0.29) is 40.7 Å². The van der Waals surface area contributed by atoms with Crippen LogP contribution >= 0.6 is 0 Å². The predicted molar refractivity (Wildman–Crippen MR) is 112 cm³/mol. The summed E-state index contributed by atoms with van der Waals surface area (Å²) in [4.78, 5) is 26.1. The van der Waals surface area contributed by atoms with Crippen molar-refractivity contribution in [3.63, 3.8) is 0 Å². The lowest BCUT2D eigenvalue weighted by Crippen LogP contribution is -2.58. The van der Waals surface area contributed by atoms with Gasteiger partial charge in [-0.1, -0.05) is 26.8 Å². The van der Waals surface area contributed by atoms with E-state index < -0.39 is 0 Å². The minimum atomic E-state index is -0.280. The van der Waals surface area contributed by atoms with E-state index in [1.807, 2.05) is 19.9 Å². The van der Waals surface area contributed by atoms with Gasteiger partial charge in [0.25, 0.3) is 0 Å². The van der Waals surface area contributed by atoms with Crippen LogP contribution in [0.5, 0.6) is 0 Å². The molecule has 4 nitrogen and oxygen atoms in total. The summed E-state index contributed by atoms with van der Waals surface area (Å²) in [5.74, 6) is 1.44. The Balaban J connectivity index is 1.71. The van der Waals surface area contributed by atoms with Gasteiger partial charge in [-0.3, -0.25) is 9.59 Å². The monoisotopic (exact) mass is 402 g/mol. The topological polar surface area (TPSA) is 63.6 Å². The average molecular weight is 403 g/mol. The molecule has 0 aliphatic heterocycles. The zero-order chi connectivity index (χ0) is 21.1. The van der Waals surface area contributed by atoms with Gasteiger partial charge in [-0.15, -0.1) is 0 Å². The van der Waals surface area contributed by atoms with Crippen LogP contribution in [-0.4, -0.2) is 30.1 Å². The fraction of sp³-hybridized carbons (Fsp3) is 0.840. The third-order valence-corrected chi connectivity index (χ3v) is 9.96. The standard InChI is InChI=1S/C25H38O4/c1-6-16-20-13-15(26)9-11-25(20,4)19-10-12-24(3)17(14(2)23(28)29-5)7-8-18(24)21(19)22(16)27/h6,14-15,17-21,26H,7-13H2,1-5H3/b16-6+/t14-,15+,17?,18-,19-,20?,21-,24?,25?/m0/s1. The van der Waals surface area contributed by atoms with Crippen LogP contribution in [0.4, 0.5) is 0 Å². The smallest absolute Gasteiger partial charge is 0.308 e. The van der Waals surface area contributed by atoms with Gasteiger partial charge in [0.05, 0.1) is 19.1 Å². The van der Waals surface area contributed by atoms with Gasteiger partial charge >= 0.3 is 5.97 Å². The highest BCUT2D eigenvalue weighted by Gasteiger charge is 2.64. The molecule has 0 amide bonds. The van der Waals surface area contributed by atoms with E-state index >= 15 is 0 Å². The molecule has 0 saturated heterocycles. The second kappa shape index (κ2) is 7.21. The molecule has 0 aromatic heterocycles. The third-order valence-electron chi connectivity index (χ3n) is 9.96. The molecule has 29 heavy (non-hydrogen) atoms. The Hall–Kier alpha value is -1.16. The second-order valence-electron chi connectivity index (χ2n) is 10.9. The first-order valence-corrected chi connectivity index (χ1v) is 11.6. The number of fused-ring (bicyclic) bond motifs is 5.